The van der Waals surface area contributed by atoms with Crippen molar-refractivity contribution in [3.05, 3.63) is 40.2 Å². The van der Waals surface area contributed by atoms with E-state index in [0.29, 0.717) is 30.0 Å². The summed E-state index contributed by atoms with van der Waals surface area (Å²) in [5.74, 6) is -0.278. The third-order valence-corrected chi connectivity index (χ3v) is 6.08. The molecule has 10 heteroatoms. The normalized spacial score (nSPS) is 15.5. The number of rotatable bonds is 5. The minimum atomic E-state index is -2.59. The molecule has 3 aromatic rings. The van der Waals surface area contributed by atoms with Gasteiger partial charge in [-0.3, -0.25) is 0 Å². The van der Waals surface area contributed by atoms with Crippen molar-refractivity contribution in [3.8, 4) is 0 Å². The zero-order valence-electron chi connectivity index (χ0n) is 14.7. The maximum Gasteiger partial charge on any atom is 0.255 e. The molecular formula is C18H17ClF3N5S. The first-order valence-corrected chi connectivity index (χ1v) is 10.0. The number of halogens is 4. The Labute approximate surface area is 168 Å². The van der Waals surface area contributed by atoms with Crippen LogP contribution in [0.2, 0.25) is 5.02 Å². The highest BCUT2D eigenvalue weighted by atomic mass is 35.5. The van der Waals surface area contributed by atoms with E-state index < -0.39 is 18.8 Å². The molecule has 0 atom stereocenters. The molecule has 2 aromatic heterocycles. The number of hydrogen-bond donors (Lipinski definition) is 1. The number of fused-ring (bicyclic) bond motifs is 1. The van der Waals surface area contributed by atoms with Crippen LogP contribution in [0.3, 0.4) is 0 Å². The van der Waals surface area contributed by atoms with Crippen LogP contribution in [0, 0.1) is 5.82 Å². The molecule has 3 heterocycles. The molecule has 4 rings (SSSR count). The van der Waals surface area contributed by atoms with Crippen molar-refractivity contribution in [2.75, 3.05) is 29.9 Å². The highest BCUT2D eigenvalue weighted by Gasteiger charge is 2.25. The molecule has 0 radical (unpaired) electrons. The number of benzene rings is 1. The van der Waals surface area contributed by atoms with Gasteiger partial charge in [0, 0.05) is 24.0 Å². The van der Waals surface area contributed by atoms with Crippen LogP contribution in [-0.4, -0.2) is 41.0 Å². The maximum atomic E-state index is 13.7. The molecule has 1 aliphatic heterocycles. The van der Waals surface area contributed by atoms with Gasteiger partial charge < -0.3 is 10.2 Å². The second-order valence-corrected chi connectivity index (χ2v) is 8.06. The van der Waals surface area contributed by atoms with E-state index in [2.05, 4.69) is 15.3 Å². The predicted molar refractivity (Wildman–Crippen MR) is 105 cm³/mol. The van der Waals surface area contributed by atoms with Gasteiger partial charge in [-0.05, 0) is 31.0 Å². The van der Waals surface area contributed by atoms with Crippen molar-refractivity contribution < 1.29 is 13.2 Å². The largest absolute Gasteiger partial charge is 0.362 e. The fourth-order valence-electron chi connectivity index (χ4n) is 3.23. The second kappa shape index (κ2) is 8.08. The second-order valence-electron chi connectivity index (χ2n) is 6.56. The molecular weight excluding hydrogens is 411 g/mol. The Morgan fingerprint density at radius 2 is 2.04 bits per heavy atom. The molecule has 0 saturated carbocycles. The monoisotopic (exact) mass is 427 g/mol. The molecule has 1 N–H and O–H groups in total. The lowest BCUT2D eigenvalue weighted by Crippen LogP contribution is -2.34. The van der Waals surface area contributed by atoms with Gasteiger partial charge in [-0.25, -0.2) is 23.1 Å². The Morgan fingerprint density at radius 3 is 2.79 bits per heavy atom. The van der Waals surface area contributed by atoms with Gasteiger partial charge in [0.15, 0.2) is 11.6 Å². The number of aromatic nitrogens is 3. The van der Waals surface area contributed by atoms with Crippen molar-refractivity contribution in [1.29, 1.82) is 0 Å². The zero-order chi connectivity index (χ0) is 19.7. The molecule has 0 aliphatic carbocycles. The number of alkyl halides is 2. The Balaban J connectivity index is 1.44. The Hall–Kier alpha value is -2.13. The van der Waals surface area contributed by atoms with Gasteiger partial charge in [0.25, 0.3) is 6.43 Å². The average Bonchev–Trinajstić information content (AvgIpc) is 3.10. The van der Waals surface area contributed by atoms with Crippen LogP contribution >= 0.6 is 22.9 Å². The lowest BCUT2D eigenvalue weighted by atomic mass is 9.98. The van der Waals surface area contributed by atoms with Crippen molar-refractivity contribution >= 4 is 44.9 Å². The summed E-state index contributed by atoms with van der Waals surface area (Å²) in [6, 6.07) is 5.71. The van der Waals surface area contributed by atoms with Gasteiger partial charge in [0.05, 0.1) is 28.0 Å². The Bertz CT molecular complexity index is 975. The standard InChI is InChI=1S/C18H17ClF3N5S/c19-11-1-2-14-13(7-11)25-17(28-14)10-3-5-27(6-4-10)18-24-8-12(20)16(26-18)23-9-15(21)22/h1-2,7-8,10,15H,3-6,9H2,(H,23,24,26). The van der Waals surface area contributed by atoms with Crippen molar-refractivity contribution in [1.82, 2.24) is 15.0 Å². The van der Waals surface area contributed by atoms with E-state index in [0.717, 1.165) is 34.3 Å². The van der Waals surface area contributed by atoms with Crippen molar-refractivity contribution in [3.63, 3.8) is 0 Å². The molecule has 0 bridgehead atoms. The van der Waals surface area contributed by atoms with Crippen LogP contribution in [-0.2, 0) is 0 Å². The maximum absolute atomic E-state index is 13.7. The first kappa shape index (κ1) is 19.2. The molecule has 148 valence electrons. The first-order chi connectivity index (χ1) is 13.5. The van der Waals surface area contributed by atoms with E-state index in [4.69, 9.17) is 16.6 Å². The molecule has 0 spiro atoms. The fourth-order valence-corrected chi connectivity index (χ4v) is 4.51. The third-order valence-electron chi connectivity index (χ3n) is 4.65. The minimum Gasteiger partial charge on any atom is -0.362 e. The highest BCUT2D eigenvalue weighted by Crippen LogP contribution is 2.35. The topological polar surface area (TPSA) is 53.9 Å². The van der Waals surface area contributed by atoms with Crippen LogP contribution in [0.25, 0.3) is 10.2 Å². The molecule has 1 saturated heterocycles. The van der Waals surface area contributed by atoms with Gasteiger partial charge >= 0.3 is 0 Å². The van der Waals surface area contributed by atoms with Gasteiger partial charge in [-0.2, -0.15) is 4.98 Å². The van der Waals surface area contributed by atoms with Crippen LogP contribution in [0.5, 0.6) is 0 Å². The van der Waals surface area contributed by atoms with E-state index in [-0.39, 0.29) is 5.82 Å². The Kier molecular flexibility index (Phi) is 5.54. The summed E-state index contributed by atoms with van der Waals surface area (Å²) in [5.41, 5.74) is 0.909. The SMILES string of the molecule is Fc1cnc(N2CCC(c3nc4cc(Cl)ccc4s3)CC2)nc1NCC(F)F. The Morgan fingerprint density at radius 1 is 1.25 bits per heavy atom. The summed E-state index contributed by atoms with van der Waals surface area (Å²) in [7, 11) is 0. The van der Waals surface area contributed by atoms with E-state index in [9.17, 15) is 13.2 Å². The molecule has 28 heavy (non-hydrogen) atoms. The number of nitrogens with one attached hydrogen (secondary N) is 1. The molecule has 0 unspecified atom stereocenters. The summed E-state index contributed by atoms with van der Waals surface area (Å²) in [5, 5.41) is 4.07. The fraction of sp³-hybridized carbons (Fsp3) is 0.389. The van der Waals surface area contributed by atoms with Gasteiger partial charge in [0.1, 0.15) is 0 Å². The lowest BCUT2D eigenvalue weighted by molar-refractivity contribution is 0.163. The average molecular weight is 428 g/mol. The quantitative estimate of drug-likeness (QED) is 0.625. The van der Waals surface area contributed by atoms with Crippen molar-refractivity contribution in [2.24, 2.45) is 0 Å². The van der Waals surface area contributed by atoms with E-state index in [1.807, 2.05) is 23.1 Å². The van der Waals surface area contributed by atoms with E-state index >= 15 is 0 Å². The summed E-state index contributed by atoms with van der Waals surface area (Å²) >= 11 is 7.71. The number of nitrogens with zero attached hydrogens (tertiary/aromatic N) is 4. The van der Waals surface area contributed by atoms with Crippen LogP contribution < -0.4 is 10.2 Å². The number of anilines is 2. The predicted octanol–water partition coefficient (Wildman–Crippen LogP) is 4.94. The van der Waals surface area contributed by atoms with Crippen LogP contribution in [0.1, 0.15) is 23.8 Å². The molecule has 1 fully saturated rings. The molecule has 0 amide bonds. The highest BCUT2D eigenvalue weighted by molar-refractivity contribution is 7.18. The van der Waals surface area contributed by atoms with Crippen molar-refractivity contribution in [2.45, 2.75) is 25.2 Å². The summed E-state index contributed by atoms with van der Waals surface area (Å²) in [4.78, 5) is 14.7. The van der Waals surface area contributed by atoms with E-state index in [1.165, 1.54) is 0 Å². The minimum absolute atomic E-state index is 0.199. The molecule has 1 aliphatic rings. The van der Waals surface area contributed by atoms with Gasteiger partial charge in [-0.15, -0.1) is 11.3 Å². The van der Waals surface area contributed by atoms with E-state index in [1.54, 1.807) is 11.3 Å². The number of hydrogen-bond acceptors (Lipinski definition) is 6. The number of thiazole rings is 1. The summed E-state index contributed by atoms with van der Waals surface area (Å²) in [6.07, 6.45) is 0.138. The summed E-state index contributed by atoms with van der Waals surface area (Å²) in [6.45, 7) is 0.708. The lowest BCUT2D eigenvalue weighted by Gasteiger charge is -2.31. The smallest absolute Gasteiger partial charge is 0.255 e. The first-order valence-electron chi connectivity index (χ1n) is 8.85. The molecule has 5 nitrogen and oxygen atoms in total. The van der Waals surface area contributed by atoms with Crippen LogP contribution in [0.15, 0.2) is 24.4 Å². The van der Waals surface area contributed by atoms with Gasteiger partial charge in [-0.1, -0.05) is 11.6 Å². The third kappa shape index (κ3) is 4.15. The van der Waals surface area contributed by atoms with Gasteiger partial charge in [0.2, 0.25) is 5.95 Å². The molecule has 1 aromatic carbocycles. The summed E-state index contributed by atoms with van der Waals surface area (Å²) < 4.78 is 39.6. The zero-order valence-corrected chi connectivity index (χ0v) is 16.3. The van der Waals surface area contributed by atoms with Crippen LogP contribution in [0.4, 0.5) is 24.9 Å². The number of piperidine rings is 1.